The van der Waals surface area contributed by atoms with Gasteiger partial charge in [0.1, 0.15) is 11.3 Å². The second kappa shape index (κ2) is 9.58. The Bertz CT molecular complexity index is 1400. The van der Waals surface area contributed by atoms with Gasteiger partial charge in [-0.15, -0.1) is 0 Å². The van der Waals surface area contributed by atoms with E-state index in [9.17, 15) is 9.59 Å². The van der Waals surface area contributed by atoms with Crippen LogP contribution in [0.2, 0.25) is 0 Å². The zero-order valence-corrected chi connectivity index (χ0v) is 19.1. The van der Waals surface area contributed by atoms with Crippen molar-refractivity contribution in [3.63, 3.8) is 0 Å². The number of fused-ring (bicyclic) bond motifs is 1. The lowest BCUT2D eigenvalue weighted by Gasteiger charge is -2.15. The maximum Gasteiger partial charge on any atom is 0.258 e. The van der Waals surface area contributed by atoms with Crippen LogP contribution in [0.1, 0.15) is 10.4 Å². The molecule has 0 atom stereocenters. The van der Waals surface area contributed by atoms with Crippen molar-refractivity contribution in [2.75, 3.05) is 33.8 Å². The van der Waals surface area contributed by atoms with Crippen LogP contribution in [0.25, 0.3) is 22.1 Å². The number of amides is 1. The van der Waals surface area contributed by atoms with E-state index >= 15 is 0 Å². The number of hydrogen-bond donors (Lipinski definition) is 1. The molecule has 0 unspecified atom stereocenters. The summed E-state index contributed by atoms with van der Waals surface area (Å²) >= 11 is 0. The van der Waals surface area contributed by atoms with Crippen LogP contribution in [0.3, 0.4) is 0 Å². The molecule has 1 aromatic heterocycles. The molecular weight excluding hydrogens is 438 g/mol. The Hall–Kier alpha value is -4.46. The third-order valence-electron chi connectivity index (χ3n) is 5.31. The number of carbonyl (C=O) groups is 1. The Balaban J connectivity index is 1.86. The molecule has 1 heterocycles. The lowest BCUT2D eigenvalue weighted by atomic mass is 10.0. The molecule has 0 spiro atoms. The number of methoxy groups -OCH3 is 4. The molecule has 0 fully saturated rings. The first-order valence-electron chi connectivity index (χ1n) is 10.3. The number of para-hydroxylation sites is 1. The van der Waals surface area contributed by atoms with Crippen LogP contribution in [-0.2, 0) is 0 Å². The first-order valence-corrected chi connectivity index (χ1v) is 10.3. The quantitative estimate of drug-likeness (QED) is 0.424. The fourth-order valence-corrected chi connectivity index (χ4v) is 3.66. The zero-order chi connectivity index (χ0) is 24.2. The van der Waals surface area contributed by atoms with Crippen molar-refractivity contribution in [1.82, 2.24) is 0 Å². The van der Waals surface area contributed by atoms with Crippen LogP contribution in [0.15, 0.2) is 69.9 Å². The Morgan fingerprint density at radius 3 is 2.18 bits per heavy atom. The second-order valence-electron chi connectivity index (χ2n) is 7.23. The minimum absolute atomic E-state index is 0.00991. The van der Waals surface area contributed by atoms with Gasteiger partial charge in [-0.1, -0.05) is 24.3 Å². The lowest BCUT2D eigenvalue weighted by Crippen LogP contribution is -2.17. The molecular formula is C26H23NO7. The highest BCUT2D eigenvalue weighted by Gasteiger charge is 2.22. The SMILES string of the molecule is COc1cccc(-c2c(NC(=O)c3cc(OC)c(OC)c(OC)c3)oc3ccccc3c2=O)c1. The summed E-state index contributed by atoms with van der Waals surface area (Å²) in [6.45, 7) is 0. The number of hydrogen-bond acceptors (Lipinski definition) is 7. The van der Waals surface area contributed by atoms with Gasteiger partial charge in [0.15, 0.2) is 11.5 Å². The molecule has 0 saturated carbocycles. The molecule has 1 amide bonds. The standard InChI is InChI=1S/C26H23NO7/c1-30-17-9-7-8-15(12-17)22-23(28)18-10-5-6-11-19(18)34-26(22)27-25(29)16-13-20(31-2)24(33-4)21(14-16)32-3/h5-14H,1-4H3,(H,27,29). The van der Waals surface area contributed by atoms with Crippen LogP contribution in [0.5, 0.6) is 23.0 Å². The van der Waals surface area contributed by atoms with Crippen molar-refractivity contribution >= 4 is 22.8 Å². The summed E-state index contributed by atoms with van der Waals surface area (Å²) in [7, 11) is 5.93. The molecule has 0 aliphatic heterocycles. The average molecular weight is 461 g/mol. The van der Waals surface area contributed by atoms with Gasteiger partial charge in [0.25, 0.3) is 5.91 Å². The summed E-state index contributed by atoms with van der Waals surface area (Å²) in [5.41, 5.74) is 1.04. The zero-order valence-electron chi connectivity index (χ0n) is 19.1. The molecule has 8 heteroatoms. The number of carbonyl (C=O) groups excluding carboxylic acids is 1. The topological polar surface area (TPSA) is 96.2 Å². The Morgan fingerprint density at radius 2 is 1.53 bits per heavy atom. The van der Waals surface area contributed by atoms with Gasteiger partial charge in [-0.25, -0.2) is 0 Å². The normalized spacial score (nSPS) is 10.6. The maximum atomic E-state index is 13.4. The van der Waals surface area contributed by atoms with Gasteiger partial charge < -0.3 is 23.4 Å². The Labute approximate surface area is 195 Å². The van der Waals surface area contributed by atoms with Crippen molar-refractivity contribution in [2.45, 2.75) is 0 Å². The summed E-state index contributed by atoms with van der Waals surface area (Å²) in [4.78, 5) is 26.7. The molecule has 8 nitrogen and oxygen atoms in total. The minimum Gasteiger partial charge on any atom is -0.497 e. The van der Waals surface area contributed by atoms with Crippen LogP contribution in [0.4, 0.5) is 5.88 Å². The molecule has 0 saturated heterocycles. The van der Waals surface area contributed by atoms with Crippen molar-refractivity contribution in [3.05, 3.63) is 76.5 Å². The highest BCUT2D eigenvalue weighted by molar-refractivity contribution is 6.06. The van der Waals surface area contributed by atoms with Gasteiger partial charge >= 0.3 is 0 Å². The van der Waals surface area contributed by atoms with Gasteiger partial charge in [0.2, 0.25) is 17.1 Å². The van der Waals surface area contributed by atoms with Crippen molar-refractivity contribution < 1.29 is 28.2 Å². The van der Waals surface area contributed by atoms with Gasteiger partial charge in [-0.3, -0.25) is 14.9 Å². The average Bonchev–Trinajstić information content (AvgIpc) is 2.87. The first kappa shape index (κ1) is 22.7. The smallest absolute Gasteiger partial charge is 0.258 e. The summed E-state index contributed by atoms with van der Waals surface area (Å²) in [6.07, 6.45) is 0. The van der Waals surface area contributed by atoms with E-state index in [-0.39, 0.29) is 22.4 Å². The number of benzene rings is 3. The molecule has 1 N–H and O–H groups in total. The highest BCUT2D eigenvalue weighted by Crippen LogP contribution is 2.38. The predicted octanol–water partition coefficient (Wildman–Crippen LogP) is 4.75. The summed E-state index contributed by atoms with van der Waals surface area (Å²) < 4.78 is 27.3. The van der Waals surface area contributed by atoms with Crippen LogP contribution < -0.4 is 29.7 Å². The van der Waals surface area contributed by atoms with E-state index in [4.69, 9.17) is 23.4 Å². The van der Waals surface area contributed by atoms with Crippen LogP contribution in [-0.4, -0.2) is 34.3 Å². The van der Waals surface area contributed by atoms with Gasteiger partial charge in [0, 0.05) is 5.56 Å². The van der Waals surface area contributed by atoms with E-state index in [0.717, 1.165) is 0 Å². The maximum absolute atomic E-state index is 13.4. The summed E-state index contributed by atoms with van der Waals surface area (Å²) in [5.74, 6) is 1.04. The largest absolute Gasteiger partial charge is 0.497 e. The fourth-order valence-electron chi connectivity index (χ4n) is 3.66. The molecule has 4 aromatic rings. The first-order chi connectivity index (χ1) is 16.5. The van der Waals surface area contributed by atoms with E-state index in [1.807, 2.05) is 0 Å². The number of nitrogens with one attached hydrogen (secondary N) is 1. The molecule has 0 radical (unpaired) electrons. The van der Waals surface area contributed by atoms with E-state index in [1.54, 1.807) is 48.5 Å². The molecule has 3 aromatic carbocycles. The molecule has 174 valence electrons. The molecule has 0 aliphatic carbocycles. The Morgan fingerprint density at radius 1 is 0.824 bits per heavy atom. The number of ether oxygens (including phenoxy) is 4. The fraction of sp³-hybridized carbons (Fsp3) is 0.154. The van der Waals surface area contributed by atoms with Crippen molar-refractivity contribution in [3.8, 4) is 34.1 Å². The monoisotopic (exact) mass is 461 g/mol. The predicted molar refractivity (Wildman–Crippen MR) is 129 cm³/mol. The van der Waals surface area contributed by atoms with Crippen LogP contribution >= 0.6 is 0 Å². The van der Waals surface area contributed by atoms with Crippen LogP contribution in [0, 0.1) is 0 Å². The van der Waals surface area contributed by atoms with Gasteiger partial charge in [0.05, 0.1) is 39.4 Å². The van der Waals surface area contributed by atoms with Gasteiger partial charge in [-0.05, 0) is 42.0 Å². The van der Waals surface area contributed by atoms with Crippen molar-refractivity contribution in [2.24, 2.45) is 0 Å². The number of anilines is 1. The molecule has 34 heavy (non-hydrogen) atoms. The third-order valence-corrected chi connectivity index (χ3v) is 5.31. The summed E-state index contributed by atoms with van der Waals surface area (Å²) in [6, 6.07) is 16.9. The highest BCUT2D eigenvalue weighted by atomic mass is 16.5. The molecule has 0 bridgehead atoms. The summed E-state index contributed by atoms with van der Waals surface area (Å²) in [5, 5.41) is 3.13. The minimum atomic E-state index is -0.526. The van der Waals surface area contributed by atoms with E-state index < -0.39 is 5.91 Å². The number of rotatable bonds is 7. The molecule has 0 aliphatic rings. The van der Waals surface area contributed by atoms with E-state index in [2.05, 4.69) is 5.32 Å². The van der Waals surface area contributed by atoms with E-state index in [1.165, 1.54) is 40.6 Å². The Kier molecular flexibility index (Phi) is 6.40. The van der Waals surface area contributed by atoms with Crippen molar-refractivity contribution in [1.29, 1.82) is 0 Å². The van der Waals surface area contributed by atoms with Gasteiger partial charge in [-0.2, -0.15) is 0 Å². The second-order valence-corrected chi connectivity index (χ2v) is 7.23. The lowest BCUT2D eigenvalue weighted by molar-refractivity contribution is 0.102. The third kappa shape index (κ3) is 4.13. The van der Waals surface area contributed by atoms with E-state index in [0.29, 0.717) is 39.5 Å². The molecule has 4 rings (SSSR count).